The minimum atomic E-state index is -0.704. The van der Waals surface area contributed by atoms with Crippen LogP contribution in [0, 0.1) is 11.3 Å². The number of benzene rings is 1. The molecule has 180 valence electrons. The molecule has 1 aromatic rings. The van der Waals surface area contributed by atoms with Gasteiger partial charge in [0.05, 0.1) is 12.0 Å². The van der Waals surface area contributed by atoms with Crippen LogP contribution in [0.2, 0.25) is 0 Å². The SMILES string of the molecule is C=C1CC2COC(=O)C2(Cc2ccc(NC(=O)[C@H](CCSC)NC(=O)OC(C)(C)C)cc2)C1. The molecule has 7 nitrogen and oxygen atoms in total. The van der Waals surface area contributed by atoms with Crippen molar-refractivity contribution in [3.8, 4) is 0 Å². The van der Waals surface area contributed by atoms with Gasteiger partial charge in [0, 0.05) is 11.6 Å². The molecule has 1 saturated carbocycles. The van der Waals surface area contributed by atoms with Crippen LogP contribution in [-0.2, 0) is 25.5 Å². The van der Waals surface area contributed by atoms with E-state index in [0.29, 0.717) is 31.6 Å². The molecule has 2 aliphatic rings. The quantitative estimate of drug-likeness (QED) is 0.430. The Balaban J connectivity index is 1.63. The molecule has 3 atom stereocenters. The molecular formula is C25H34N2O5S. The maximum atomic E-state index is 12.8. The third-order valence-corrected chi connectivity index (χ3v) is 6.71. The second-order valence-corrected chi connectivity index (χ2v) is 10.9. The Bertz CT molecular complexity index is 908. The van der Waals surface area contributed by atoms with Crippen LogP contribution in [0.4, 0.5) is 10.5 Å². The fourth-order valence-corrected chi connectivity index (χ4v) is 4.99. The van der Waals surface area contributed by atoms with E-state index in [9.17, 15) is 14.4 Å². The third kappa shape index (κ3) is 6.31. The van der Waals surface area contributed by atoms with Crippen molar-refractivity contribution in [2.45, 2.75) is 58.1 Å². The van der Waals surface area contributed by atoms with Crippen molar-refractivity contribution in [3.63, 3.8) is 0 Å². The molecule has 0 spiro atoms. The number of cyclic esters (lactones) is 1. The first-order valence-electron chi connectivity index (χ1n) is 11.2. The summed E-state index contributed by atoms with van der Waals surface area (Å²) in [4.78, 5) is 37.5. The molecule has 1 aliphatic heterocycles. The van der Waals surface area contributed by atoms with Crippen LogP contribution in [0.15, 0.2) is 36.4 Å². The van der Waals surface area contributed by atoms with E-state index in [4.69, 9.17) is 9.47 Å². The lowest BCUT2D eigenvalue weighted by atomic mass is 9.75. The number of alkyl carbamates (subject to hydrolysis) is 1. The molecule has 2 fully saturated rings. The highest BCUT2D eigenvalue weighted by molar-refractivity contribution is 7.98. The number of amides is 2. The lowest BCUT2D eigenvalue weighted by Gasteiger charge is -2.24. The summed E-state index contributed by atoms with van der Waals surface area (Å²) in [6.45, 7) is 9.88. The maximum absolute atomic E-state index is 12.8. The van der Waals surface area contributed by atoms with E-state index in [1.165, 1.54) is 0 Å². The first kappa shape index (κ1) is 25.1. The number of carbonyl (C=O) groups is 3. The summed E-state index contributed by atoms with van der Waals surface area (Å²) in [6, 6.07) is 6.78. The van der Waals surface area contributed by atoms with Crippen LogP contribution < -0.4 is 10.6 Å². The number of rotatable bonds is 8. The number of fused-ring (bicyclic) bond motifs is 1. The van der Waals surface area contributed by atoms with Gasteiger partial charge >= 0.3 is 12.1 Å². The van der Waals surface area contributed by atoms with Crippen molar-refractivity contribution in [1.82, 2.24) is 5.32 Å². The van der Waals surface area contributed by atoms with E-state index in [0.717, 1.165) is 23.3 Å². The predicted octanol–water partition coefficient (Wildman–Crippen LogP) is 4.32. The predicted molar refractivity (Wildman–Crippen MR) is 130 cm³/mol. The molecular weight excluding hydrogens is 440 g/mol. The van der Waals surface area contributed by atoms with Crippen LogP contribution in [0.25, 0.3) is 0 Å². The number of thioether (sulfide) groups is 1. The van der Waals surface area contributed by atoms with E-state index < -0.39 is 23.2 Å². The van der Waals surface area contributed by atoms with Crippen molar-refractivity contribution in [2.24, 2.45) is 11.3 Å². The van der Waals surface area contributed by atoms with Crippen LogP contribution in [0.1, 0.15) is 45.6 Å². The molecule has 1 aromatic carbocycles. The molecule has 1 aliphatic carbocycles. The van der Waals surface area contributed by atoms with Gasteiger partial charge in [-0.3, -0.25) is 9.59 Å². The Hall–Kier alpha value is -2.48. The van der Waals surface area contributed by atoms with E-state index in [1.807, 2.05) is 30.5 Å². The van der Waals surface area contributed by atoms with Gasteiger partial charge in [0.15, 0.2) is 0 Å². The van der Waals surface area contributed by atoms with Crippen molar-refractivity contribution in [2.75, 3.05) is 23.9 Å². The molecule has 1 heterocycles. The second kappa shape index (κ2) is 10.2. The zero-order valence-electron chi connectivity index (χ0n) is 19.9. The summed E-state index contributed by atoms with van der Waals surface area (Å²) in [7, 11) is 0. The van der Waals surface area contributed by atoms with Crippen molar-refractivity contribution in [1.29, 1.82) is 0 Å². The first-order valence-corrected chi connectivity index (χ1v) is 12.6. The van der Waals surface area contributed by atoms with Crippen molar-refractivity contribution < 1.29 is 23.9 Å². The summed E-state index contributed by atoms with van der Waals surface area (Å²) >= 11 is 1.60. The van der Waals surface area contributed by atoms with Crippen LogP contribution in [-0.4, -0.2) is 48.2 Å². The lowest BCUT2D eigenvalue weighted by molar-refractivity contribution is -0.146. The summed E-state index contributed by atoms with van der Waals surface area (Å²) in [5, 5.41) is 5.55. The van der Waals surface area contributed by atoms with Crippen molar-refractivity contribution >= 4 is 35.4 Å². The molecule has 0 radical (unpaired) electrons. The first-order chi connectivity index (χ1) is 15.5. The van der Waals surface area contributed by atoms with Gasteiger partial charge in [-0.2, -0.15) is 11.8 Å². The van der Waals surface area contributed by atoms with Crippen LogP contribution >= 0.6 is 11.8 Å². The molecule has 1 saturated heterocycles. The molecule has 0 aromatic heterocycles. The largest absolute Gasteiger partial charge is 0.465 e. The summed E-state index contributed by atoms with van der Waals surface area (Å²) in [6.07, 6.45) is 3.92. The average Bonchev–Trinajstić information content (AvgIpc) is 3.19. The number of esters is 1. The average molecular weight is 475 g/mol. The number of nitrogens with one attached hydrogen (secondary N) is 2. The van der Waals surface area contributed by atoms with Gasteiger partial charge < -0.3 is 20.1 Å². The van der Waals surface area contributed by atoms with Crippen LogP contribution in [0.5, 0.6) is 0 Å². The fourth-order valence-electron chi connectivity index (χ4n) is 4.52. The van der Waals surface area contributed by atoms with Crippen LogP contribution in [0.3, 0.4) is 0 Å². The van der Waals surface area contributed by atoms with Gasteiger partial charge in [-0.05, 0) is 76.2 Å². The molecule has 0 bridgehead atoms. The van der Waals surface area contributed by atoms with Gasteiger partial charge in [0.1, 0.15) is 11.6 Å². The molecule has 2 amide bonds. The number of hydrogen-bond acceptors (Lipinski definition) is 6. The van der Waals surface area contributed by atoms with E-state index in [1.54, 1.807) is 32.5 Å². The van der Waals surface area contributed by atoms with E-state index >= 15 is 0 Å². The zero-order valence-corrected chi connectivity index (χ0v) is 20.7. The minimum absolute atomic E-state index is 0.131. The standard InChI is InChI=1S/C25H34N2O5S/c1-16-12-18-15-31-22(29)25(18,13-16)14-17-6-8-19(9-7-17)26-21(28)20(10-11-33-5)27-23(30)32-24(2,3)4/h6-9,18,20H,1,10-15H2,2-5H3,(H,26,28)(H,27,30)/t18?,20-,25?/m0/s1. The zero-order chi connectivity index (χ0) is 24.2. The Morgan fingerprint density at radius 2 is 2.00 bits per heavy atom. The number of anilines is 1. The van der Waals surface area contributed by atoms with E-state index in [2.05, 4.69) is 17.2 Å². The maximum Gasteiger partial charge on any atom is 0.408 e. The van der Waals surface area contributed by atoms with Gasteiger partial charge in [0.25, 0.3) is 0 Å². The topological polar surface area (TPSA) is 93.7 Å². The Morgan fingerprint density at radius 1 is 1.30 bits per heavy atom. The Kier molecular flexibility index (Phi) is 7.77. The Morgan fingerprint density at radius 3 is 2.64 bits per heavy atom. The molecule has 3 rings (SSSR count). The molecule has 8 heteroatoms. The van der Waals surface area contributed by atoms with Gasteiger partial charge in [-0.1, -0.05) is 24.3 Å². The smallest absolute Gasteiger partial charge is 0.408 e. The highest BCUT2D eigenvalue weighted by Crippen LogP contribution is 2.52. The van der Waals surface area contributed by atoms with Gasteiger partial charge in [0.2, 0.25) is 5.91 Å². The number of allylic oxidation sites excluding steroid dienone is 1. The number of ether oxygens (including phenoxy) is 2. The van der Waals surface area contributed by atoms with Gasteiger partial charge in [-0.25, -0.2) is 4.79 Å². The monoisotopic (exact) mass is 474 g/mol. The molecule has 2 unspecified atom stereocenters. The highest BCUT2D eigenvalue weighted by Gasteiger charge is 2.55. The highest BCUT2D eigenvalue weighted by atomic mass is 32.2. The summed E-state index contributed by atoms with van der Waals surface area (Å²) < 4.78 is 10.7. The Labute approximate surface area is 200 Å². The minimum Gasteiger partial charge on any atom is -0.465 e. The second-order valence-electron chi connectivity index (χ2n) is 9.93. The lowest BCUT2D eigenvalue weighted by Crippen LogP contribution is -2.46. The normalized spacial score (nSPS) is 23.0. The molecule has 2 N–H and O–H groups in total. The van der Waals surface area contributed by atoms with Crippen molar-refractivity contribution in [3.05, 3.63) is 42.0 Å². The third-order valence-electron chi connectivity index (χ3n) is 6.06. The summed E-state index contributed by atoms with van der Waals surface area (Å²) in [5.74, 6) is 0.478. The number of carbonyl (C=O) groups excluding carboxylic acids is 3. The van der Waals surface area contributed by atoms with Gasteiger partial charge in [-0.15, -0.1) is 0 Å². The number of hydrogen-bond donors (Lipinski definition) is 2. The van der Waals surface area contributed by atoms with E-state index in [-0.39, 0.29) is 17.8 Å². The summed E-state index contributed by atoms with van der Waals surface area (Å²) in [5.41, 5.74) is 1.59. The fraction of sp³-hybridized carbons (Fsp3) is 0.560. The molecule has 33 heavy (non-hydrogen) atoms.